The zero-order valence-corrected chi connectivity index (χ0v) is 11.1. The van der Waals surface area contributed by atoms with Crippen LogP contribution >= 0.6 is 0 Å². The second kappa shape index (κ2) is 6.45. The molecule has 1 aromatic carbocycles. The summed E-state index contributed by atoms with van der Waals surface area (Å²) in [5, 5.41) is 0. The van der Waals surface area contributed by atoms with E-state index < -0.39 is 0 Å². The van der Waals surface area contributed by atoms with Crippen LogP contribution in [0.5, 0.6) is 0 Å². The molecule has 0 radical (unpaired) electrons. The average molecular weight is 238 g/mol. The minimum atomic E-state index is 0.189. The third-order valence-corrected chi connectivity index (χ3v) is 3.84. The first-order chi connectivity index (χ1) is 8.85. The van der Waals surface area contributed by atoms with E-state index in [-0.39, 0.29) is 5.41 Å². The third-order valence-electron chi connectivity index (χ3n) is 3.84. The molecule has 1 aliphatic rings. The molecule has 1 fully saturated rings. The molecule has 94 valence electrons. The van der Waals surface area contributed by atoms with Crippen molar-refractivity contribution in [3.05, 3.63) is 48.6 Å². The predicted molar refractivity (Wildman–Crippen MR) is 78.3 cm³/mol. The minimum absolute atomic E-state index is 0.189. The molecule has 0 spiro atoms. The van der Waals surface area contributed by atoms with Crippen molar-refractivity contribution in [1.29, 1.82) is 0 Å². The molecule has 0 atom stereocenters. The Morgan fingerprint density at radius 2 is 1.72 bits per heavy atom. The topological polar surface area (TPSA) is 0 Å². The standard InChI is InChI=1S/C18H22/c1-2-13-18(14-8-3-4-9-15-18)16-12-17-10-6-5-7-11-17/h2,5-7,10-11H,1,3-4,8-9,13-15H2. The number of allylic oxidation sites excluding steroid dienone is 1. The molecule has 0 aromatic heterocycles. The van der Waals surface area contributed by atoms with Crippen LogP contribution in [-0.4, -0.2) is 0 Å². The Kier molecular flexibility index (Phi) is 4.65. The van der Waals surface area contributed by atoms with Crippen LogP contribution in [0.2, 0.25) is 0 Å². The molecule has 0 heterocycles. The minimum Gasteiger partial charge on any atom is -0.103 e. The molecule has 0 N–H and O–H groups in total. The molecule has 0 saturated heterocycles. The smallest absolute Gasteiger partial charge is 0.0352 e. The first-order valence-corrected chi connectivity index (χ1v) is 7.04. The Labute approximate surface area is 111 Å². The molecular formula is C18H22. The van der Waals surface area contributed by atoms with E-state index >= 15 is 0 Å². The maximum Gasteiger partial charge on any atom is 0.0352 e. The summed E-state index contributed by atoms with van der Waals surface area (Å²) in [5.41, 5.74) is 1.32. The zero-order chi connectivity index (χ0) is 12.7. The fraction of sp³-hybridized carbons (Fsp3) is 0.444. The highest BCUT2D eigenvalue weighted by Gasteiger charge is 2.27. The molecule has 0 heteroatoms. The lowest BCUT2D eigenvalue weighted by Crippen LogP contribution is -2.16. The van der Waals surface area contributed by atoms with Crippen LogP contribution < -0.4 is 0 Å². The van der Waals surface area contributed by atoms with Crippen LogP contribution in [0.1, 0.15) is 50.5 Å². The summed E-state index contributed by atoms with van der Waals surface area (Å²) in [6.45, 7) is 3.92. The van der Waals surface area contributed by atoms with Crippen LogP contribution in [0.4, 0.5) is 0 Å². The molecule has 0 nitrogen and oxygen atoms in total. The lowest BCUT2D eigenvalue weighted by atomic mass is 9.78. The van der Waals surface area contributed by atoms with Gasteiger partial charge in [0.2, 0.25) is 0 Å². The van der Waals surface area contributed by atoms with E-state index in [9.17, 15) is 0 Å². The van der Waals surface area contributed by atoms with Crippen LogP contribution in [0.15, 0.2) is 43.0 Å². The van der Waals surface area contributed by atoms with Gasteiger partial charge in [0.05, 0.1) is 0 Å². The van der Waals surface area contributed by atoms with Crippen molar-refractivity contribution in [3.63, 3.8) is 0 Å². The van der Waals surface area contributed by atoms with E-state index in [4.69, 9.17) is 0 Å². The second-order valence-corrected chi connectivity index (χ2v) is 5.30. The van der Waals surface area contributed by atoms with E-state index in [0.29, 0.717) is 0 Å². The Hall–Kier alpha value is -1.48. The molecular weight excluding hydrogens is 216 g/mol. The average Bonchev–Trinajstić information content (AvgIpc) is 2.64. The lowest BCUT2D eigenvalue weighted by molar-refractivity contribution is 0.351. The van der Waals surface area contributed by atoms with Crippen molar-refractivity contribution in [2.24, 2.45) is 5.41 Å². The molecule has 1 aromatic rings. The van der Waals surface area contributed by atoms with Crippen LogP contribution in [-0.2, 0) is 0 Å². The molecule has 1 saturated carbocycles. The zero-order valence-electron chi connectivity index (χ0n) is 11.1. The van der Waals surface area contributed by atoms with Gasteiger partial charge in [-0.05, 0) is 31.4 Å². The molecule has 18 heavy (non-hydrogen) atoms. The summed E-state index contributed by atoms with van der Waals surface area (Å²) in [7, 11) is 0. The van der Waals surface area contributed by atoms with Gasteiger partial charge < -0.3 is 0 Å². The number of hydrogen-bond donors (Lipinski definition) is 0. The van der Waals surface area contributed by atoms with Crippen molar-refractivity contribution < 1.29 is 0 Å². The van der Waals surface area contributed by atoms with Gasteiger partial charge in [-0.15, -0.1) is 6.58 Å². The van der Waals surface area contributed by atoms with Gasteiger partial charge in [-0.25, -0.2) is 0 Å². The Morgan fingerprint density at radius 3 is 2.33 bits per heavy atom. The third kappa shape index (κ3) is 3.50. The predicted octanol–water partition coefficient (Wildman–Crippen LogP) is 4.95. The summed E-state index contributed by atoms with van der Waals surface area (Å²) in [6, 6.07) is 10.3. The molecule has 0 aliphatic heterocycles. The second-order valence-electron chi connectivity index (χ2n) is 5.30. The Morgan fingerprint density at radius 1 is 1.06 bits per heavy atom. The van der Waals surface area contributed by atoms with Gasteiger partial charge in [-0.3, -0.25) is 0 Å². The number of hydrogen-bond acceptors (Lipinski definition) is 0. The van der Waals surface area contributed by atoms with Crippen molar-refractivity contribution in [2.45, 2.75) is 44.9 Å². The van der Waals surface area contributed by atoms with Crippen LogP contribution in [0, 0.1) is 17.3 Å². The van der Waals surface area contributed by atoms with E-state index in [1.165, 1.54) is 38.5 Å². The highest BCUT2D eigenvalue weighted by Crippen LogP contribution is 2.37. The van der Waals surface area contributed by atoms with Crippen molar-refractivity contribution in [3.8, 4) is 11.8 Å². The van der Waals surface area contributed by atoms with Crippen LogP contribution in [0.25, 0.3) is 0 Å². The number of rotatable bonds is 2. The monoisotopic (exact) mass is 238 g/mol. The van der Waals surface area contributed by atoms with Crippen molar-refractivity contribution in [2.75, 3.05) is 0 Å². The number of benzene rings is 1. The fourth-order valence-corrected chi connectivity index (χ4v) is 2.79. The molecule has 0 unspecified atom stereocenters. The quantitative estimate of drug-likeness (QED) is 0.388. The van der Waals surface area contributed by atoms with Gasteiger partial charge in [0.1, 0.15) is 0 Å². The molecule has 0 bridgehead atoms. The Bertz CT molecular complexity index is 422. The van der Waals surface area contributed by atoms with Gasteiger partial charge >= 0.3 is 0 Å². The normalized spacial score (nSPS) is 18.2. The van der Waals surface area contributed by atoms with Crippen molar-refractivity contribution >= 4 is 0 Å². The van der Waals surface area contributed by atoms with Gasteiger partial charge in [-0.1, -0.05) is 61.8 Å². The molecule has 0 amide bonds. The largest absolute Gasteiger partial charge is 0.103 e. The summed E-state index contributed by atoms with van der Waals surface area (Å²) >= 11 is 0. The maximum absolute atomic E-state index is 3.92. The highest BCUT2D eigenvalue weighted by atomic mass is 14.3. The summed E-state index contributed by atoms with van der Waals surface area (Å²) in [4.78, 5) is 0. The van der Waals surface area contributed by atoms with E-state index in [1.807, 2.05) is 12.1 Å². The van der Waals surface area contributed by atoms with Gasteiger partial charge in [0.25, 0.3) is 0 Å². The molecule has 1 aliphatic carbocycles. The summed E-state index contributed by atoms with van der Waals surface area (Å²) in [5.74, 6) is 6.94. The van der Waals surface area contributed by atoms with E-state index in [0.717, 1.165) is 12.0 Å². The first kappa shape index (κ1) is 13.0. The summed E-state index contributed by atoms with van der Waals surface area (Å²) < 4.78 is 0. The first-order valence-electron chi connectivity index (χ1n) is 7.04. The maximum atomic E-state index is 3.92. The van der Waals surface area contributed by atoms with E-state index in [1.54, 1.807) is 0 Å². The SMILES string of the molecule is C=CCC1(C#Cc2ccccc2)CCCCCC1. The fourth-order valence-electron chi connectivity index (χ4n) is 2.79. The van der Waals surface area contributed by atoms with Crippen LogP contribution in [0.3, 0.4) is 0 Å². The highest BCUT2D eigenvalue weighted by molar-refractivity contribution is 5.35. The molecule has 2 rings (SSSR count). The van der Waals surface area contributed by atoms with Gasteiger partial charge in [0, 0.05) is 11.0 Å². The van der Waals surface area contributed by atoms with Gasteiger partial charge in [-0.2, -0.15) is 0 Å². The summed E-state index contributed by atoms with van der Waals surface area (Å²) in [6.07, 6.45) is 10.9. The van der Waals surface area contributed by atoms with Gasteiger partial charge in [0.15, 0.2) is 0 Å². The lowest BCUT2D eigenvalue weighted by Gasteiger charge is -2.25. The van der Waals surface area contributed by atoms with Crippen molar-refractivity contribution in [1.82, 2.24) is 0 Å². The van der Waals surface area contributed by atoms with E-state index in [2.05, 4.69) is 42.7 Å². The Balaban J connectivity index is 2.19.